The summed E-state index contributed by atoms with van der Waals surface area (Å²) in [6.45, 7) is 6.50. The van der Waals surface area contributed by atoms with Gasteiger partial charge in [0.15, 0.2) is 5.96 Å². The molecule has 2 fully saturated rings. The summed E-state index contributed by atoms with van der Waals surface area (Å²) in [4.78, 5) is 9.64. The lowest BCUT2D eigenvalue weighted by Crippen LogP contribution is -2.62. The lowest BCUT2D eigenvalue weighted by Gasteiger charge is -2.50. The Labute approximate surface area is 192 Å². The molecule has 2 heterocycles. The van der Waals surface area contributed by atoms with Crippen molar-refractivity contribution in [2.24, 2.45) is 4.99 Å². The van der Waals surface area contributed by atoms with E-state index in [0.29, 0.717) is 0 Å². The zero-order valence-corrected chi connectivity index (χ0v) is 20.3. The third-order valence-corrected chi connectivity index (χ3v) is 6.34. The molecule has 0 aromatic heterocycles. The molecule has 0 unspecified atom stereocenters. The molecular weight excluding hydrogens is 485 g/mol. The normalized spacial score (nSPS) is 21.0. The largest absolute Gasteiger partial charge is 0.355 e. The summed E-state index contributed by atoms with van der Waals surface area (Å²) in [6.07, 6.45) is 6.49. The fraction of sp³-hybridized carbons (Fsp3) is 0.667. The molecule has 0 bridgehead atoms. The second kappa shape index (κ2) is 11.6. The number of nitrogens with zero attached hydrogens (tertiary/aromatic N) is 3. The minimum absolute atomic E-state index is 0. The van der Waals surface area contributed by atoms with Gasteiger partial charge in [-0.3, -0.25) is 9.89 Å². The monoisotopic (exact) mass is 519 g/mol. The first kappa shape index (κ1) is 23.7. The van der Waals surface area contributed by atoms with Gasteiger partial charge in [-0.2, -0.15) is 0 Å². The van der Waals surface area contributed by atoms with Gasteiger partial charge in [0.2, 0.25) is 0 Å². The summed E-state index contributed by atoms with van der Waals surface area (Å²) in [5.74, 6) is 0.866. The molecule has 2 aliphatic heterocycles. The Morgan fingerprint density at radius 1 is 1.11 bits per heavy atom. The summed E-state index contributed by atoms with van der Waals surface area (Å²) >= 11 is 6.09. The second-order valence-corrected chi connectivity index (χ2v) is 8.42. The molecule has 28 heavy (non-hydrogen) atoms. The summed E-state index contributed by atoms with van der Waals surface area (Å²) in [7, 11) is 4.08. The van der Waals surface area contributed by atoms with Gasteiger partial charge in [0.1, 0.15) is 0 Å². The molecule has 0 saturated carbocycles. The molecule has 3 rings (SSSR count). The maximum absolute atomic E-state index is 6.09. The molecule has 2 aliphatic rings. The first-order chi connectivity index (χ1) is 13.1. The highest BCUT2D eigenvalue weighted by atomic mass is 127. The summed E-state index contributed by atoms with van der Waals surface area (Å²) < 4.78 is 0. The number of rotatable bonds is 5. The number of guanidine groups is 1. The van der Waals surface area contributed by atoms with Crippen LogP contribution in [0.4, 0.5) is 0 Å². The average molecular weight is 520 g/mol. The second-order valence-electron chi connectivity index (χ2n) is 7.98. The summed E-state index contributed by atoms with van der Waals surface area (Å²) in [5, 5.41) is 7.83. The van der Waals surface area contributed by atoms with E-state index < -0.39 is 0 Å². The molecule has 1 aromatic rings. The van der Waals surface area contributed by atoms with Crippen LogP contribution >= 0.6 is 35.6 Å². The van der Waals surface area contributed by atoms with Crippen molar-refractivity contribution in [1.29, 1.82) is 0 Å². The summed E-state index contributed by atoms with van der Waals surface area (Å²) in [6, 6.07) is 7.96. The molecular formula is C21H35ClIN5. The number of nitrogens with one attached hydrogen (secondary N) is 2. The third kappa shape index (κ3) is 6.47. The number of aliphatic imine (C=N–C) groups is 1. The van der Waals surface area contributed by atoms with Crippen molar-refractivity contribution in [2.75, 3.05) is 46.8 Å². The molecule has 0 aliphatic carbocycles. The Morgan fingerprint density at radius 3 is 2.46 bits per heavy atom. The Balaban J connectivity index is 0.00000280. The van der Waals surface area contributed by atoms with Gasteiger partial charge in [-0.25, -0.2) is 0 Å². The van der Waals surface area contributed by atoms with Crippen LogP contribution in [0.1, 0.15) is 37.7 Å². The maximum atomic E-state index is 6.09. The Hall–Kier alpha value is -0.570. The van der Waals surface area contributed by atoms with Gasteiger partial charge in [0.05, 0.1) is 0 Å². The third-order valence-electron chi connectivity index (χ3n) is 6.10. The van der Waals surface area contributed by atoms with Gasteiger partial charge in [0, 0.05) is 30.7 Å². The van der Waals surface area contributed by atoms with Gasteiger partial charge in [-0.05, 0) is 76.6 Å². The van der Waals surface area contributed by atoms with Crippen LogP contribution in [-0.4, -0.2) is 68.1 Å². The van der Waals surface area contributed by atoms with Gasteiger partial charge in [-0.1, -0.05) is 30.2 Å². The minimum Gasteiger partial charge on any atom is -0.355 e. The van der Waals surface area contributed by atoms with Crippen LogP contribution in [-0.2, 0) is 6.54 Å². The van der Waals surface area contributed by atoms with E-state index in [4.69, 9.17) is 11.6 Å². The molecule has 0 spiro atoms. The first-order valence-electron chi connectivity index (χ1n) is 10.2. The van der Waals surface area contributed by atoms with E-state index in [1.807, 2.05) is 25.2 Å². The first-order valence-corrected chi connectivity index (χ1v) is 10.6. The van der Waals surface area contributed by atoms with Crippen LogP contribution in [0.25, 0.3) is 0 Å². The van der Waals surface area contributed by atoms with Crippen molar-refractivity contribution in [3.8, 4) is 0 Å². The minimum atomic E-state index is 0. The van der Waals surface area contributed by atoms with E-state index in [9.17, 15) is 0 Å². The lowest BCUT2D eigenvalue weighted by atomic mass is 9.84. The zero-order valence-electron chi connectivity index (χ0n) is 17.2. The van der Waals surface area contributed by atoms with Gasteiger partial charge >= 0.3 is 0 Å². The fourth-order valence-electron chi connectivity index (χ4n) is 4.31. The number of hydrogen-bond donors (Lipinski definition) is 2. The van der Waals surface area contributed by atoms with E-state index in [1.54, 1.807) is 0 Å². The van der Waals surface area contributed by atoms with E-state index >= 15 is 0 Å². The highest BCUT2D eigenvalue weighted by molar-refractivity contribution is 14.0. The Kier molecular flexibility index (Phi) is 9.80. The SMILES string of the molecule is CN=C(NCc1cccc(Cl)c1)NCC1(N2CCCCC2)CCN(C)CC1.I. The van der Waals surface area contributed by atoms with Crippen LogP contribution < -0.4 is 10.6 Å². The van der Waals surface area contributed by atoms with E-state index in [-0.39, 0.29) is 29.5 Å². The quantitative estimate of drug-likeness (QED) is 0.355. The highest BCUT2D eigenvalue weighted by Gasteiger charge is 2.39. The van der Waals surface area contributed by atoms with Crippen molar-refractivity contribution in [1.82, 2.24) is 20.4 Å². The highest BCUT2D eigenvalue weighted by Crippen LogP contribution is 2.30. The molecule has 0 atom stereocenters. The Bertz CT molecular complexity index is 625. The van der Waals surface area contributed by atoms with Crippen LogP contribution in [0, 0.1) is 0 Å². The molecule has 0 amide bonds. The van der Waals surface area contributed by atoms with Crippen molar-refractivity contribution in [3.63, 3.8) is 0 Å². The lowest BCUT2D eigenvalue weighted by molar-refractivity contribution is 0.0173. The number of halogens is 2. The number of benzene rings is 1. The van der Waals surface area contributed by atoms with Crippen LogP contribution in [0.5, 0.6) is 0 Å². The van der Waals surface area contributed by atoms with Crippen molar-refractivity contribution in [2.45, 2.75) is 44.2 Å². The van der Waals surface area contributed by atoms with Crippen LogP contribution in [0.3, 0.4) is 0 Å². The number of piperidine rings is 2. The molecule has 0 radical (unpaired) electrons. The molecule has 1 aromatic carbocycles. The summed E-state index contributed by atoms with van der Waals surface area (Å²) in [5.41, 5.74) is 1.41. The van der Waals surface area contributed by atoms with E-state index in [1.165, 1.54) is 58.3 Å². The van der Waals surface area contributed by atoms with Crippen molar-refractivity contribution >= 4 is 41.5 Å². The van der Waals surface area contributed by atoms with Crippen molar-refractivity contribution < 1.29 is 0 Å². The van der Waals surface area contributed by atoms with Crippen molar-refractivity contribution in [3.05, 3.63) is 34.9 Å². The molecule has 2 saturated heterocycles. The standard InChI is InChI=1S/C21H34ClN5.HI/c1-23-20(24-16-18-7-6-8-19(22)15-18)25-17-21(9-13-26(2)14-10-21)27-11-4-3-5-12-27;/h6-8,15H,3-5,9-14,16-17H2,1-2H3,(H2,23,24,25);1H. The maximum Gasteiger partial charge on any atom is 0.191 e. The predicted octanol–water partition coefficient (Wildman–Crippen LogP) is 3.57. The van der Waals surface area contributed by atoms with E-state index in [2.05, 4.69) is 38.5 Å². The van der Waals surface area contributed by atoms with Gasteiger partial charge in [0.25, 0.3) is 0 Å². The Morgan fingerprint density at radius 2 is 1.82 bits per heavy atom. The molecule has 158 valence electrons. The molecule has 7 heteroatoms. The van der Waals surface area contributed by atoms with Gasteiger partial charge in [-0.15, -0.1) is 24.0 Å². The van der Waals surface area contributed by atoms with E-state index in [0.717, 1.165) is 29.6 Å². The van der Waals surface area contributed by atoms with Gasteiger partial charge < -0.3 is 15.5 Å². The fourth-order valence-corrected chi connectivity index (χ4v) is 4.52. The molecule has 2 N–H and O–H groups in total. The number of hydrogen-bond acceptors (Lipinski definition) is 3. The average Bonchev–Trinajstić information content (AvgIpc) is 2.70. The van der Waals surface area contributed by atoms with Crippen LogP contribution in [0.15, 0.2) is 29.3 Å². The topological polar surface area (TPSA) is 42.9 Å². The number of likely N-dealkylation sites (tertiary alicyclic amines) is 2. The molecule has 5 nitrogen and oxygen atoms in total. The smallest absolute Gasteiger partial charge is 0.191 e. The predicted molar refractivity (Wildman–Crippen MR) is 130 cm³/mol. The van der Waals surface area contributed by atoms with Crippen LogP contribution in [0.2, 0.25) is 5.02 Å². The zero-order chi connectivity index (χ0) is 19.1.